The van der Waals surface area contributed by atoms with Gasteiger partial charge in [-0.05, 0) is 47.6 Å². The Morgan fingerprint density at radius 1 is 1.39 bits per heavy atom. The molecule has 1 aromatic carbocycles. The summed E-state index contributed by atoms with van der Waals surface area (Å²) in [4.78, 5) is 25.7. The Labute approximate surface area is 119 Å². The largest absolute Gasteiger partial charge is 0.467 e. The quantitative estimate of drug-likeness (QED) is 0.600. The monoisotopic (exact) mass is 359 g/mol. The van der Waals surface area contributed by atoms with Gasteiger partial charge in [0.1, 0.15) is 6.04 Å². The van der Waals surface area contributed by atoms with Crippen molar-refractivity contribution in [1.82, 2.24) is 4.90 Å². The average Bonchev–Trinajstić information content (AvgIpc) is 2.86. The Kier molecular flexibility index (Phi) is 4.21. The van der Waals surface area contributed by atoms with Gasteiger partial charge in [-0.25, -0.2) is 4.79 Å². The molecule has 1 unspecified atom stereocenters. The van der Waals surface area contributed by atoms with E-state index in [1.54, 1.807) is 11.0 Å². The van der Waals surface area contributed by atoms with Crippen LogP contribution in [-0.2, 0) is 9.53 Å². The highest BCUT2D eigenvalue weighted by Gasteiger charge is 2.35. The Morgan fingerprint density at radius 3 is 2.78 bits per heavy atom. The lowest BCUT2D eigenvalue weighted by atomic mass is 10.1. The molecule has 0 aromatic heterocycles. The molecule has 0 spiro atoms. The van der Waals surface area contributed by atoms with E-state index in [0.717, 1.165) is 9.99 Å². The molecule has 1 aromatic rings. The molecule has 1 aliphatic heterocycles. The molecule has 1 amide bonds. The van der Waals surface area contributed by atoms with E-state index in [0.29, 0.717) is 18.5 Å². The van der Waals surface area contributed by atoms with Crippen LogP contribution in [-0.4, -0.2) is 36.5 Å². The topological polar surface area (TPSA) is 46.6 Å². The third kappa shape index (κ3) is 2.50. The summed E-state index contributed by atoms with van der Waals surface area (Å²) >= 11 is 2.13. The number of hydrogen-bond donors (Lipinski definition) is 0. The summed E-state index contributed by atoms with van der Waals surface area (Å²) in [5, 5.41) is 0. The summed E-state index contributed by atoms with van der Waals surface area (Å²) in [5.41, 5.74) is 0.647. The highest BCUT2D eigenvalue weighted by Crippen LogP contribution is 2.23. The Balaban J connectivity index is 2.23. The predicted molar refractivity (Wildman–Crippen MR) is 75.2 cm³/mol. The third-order valence-corrected chi connectivity index (χ3v) is 4.03. The second-order valence-electron chi connectivity index (χ2n) is 4.16. The van der Waals surface area contributed by atoms with E-state index in [2.05, 4.69) is 22.6 Å². The van der Waals surface area contributed by atoms with Crippen molar-refractivity contribution in [3.05, 3.63) is 33.4 Å². The van der Waals surface area contributed by atoms with Gasteiger partial charge in [0.05, 0.1) is 12.7 Å². The van der Waals surface area contributed by atoms with Gasteiger partial charge in [-0.3, -0.25) is 4.79 Å². The molecule has 0 aliphatic carbocycles. The Hall–Kier alpha value is -1.11. The number of ether oxygens (including phenoxy) is 1. The van der Waals surface area contributed by atoms with E-state index in [-0.39, 0.29) is 11.9 Å². The number of hydrogen-bond acceptors (Lipinski definition) is 3. The lowest BCUT2D eigenvalue weighted by Crippen LogP contribution is -2.41. The summed E-state index contributed by atoms with van der Waals surface area (Å²) in [5.74, 6) is -0.417. The van der Waals surface area contributed by atoms with Crippen LogP contribution in [0.4, 0.5) is 0 Å². The lowest BCUT2D eigenvalue weighted by molar-refractivity contribution is -0.145. The van der Waals surface area contributed by atoms with Gasteiger partial charge in [0, 0.05) is 10.1 Å². The van der Waals surface area contributed by atoms with E-state index in [1.807, 2.05) is 18.2 Å². The molecular formula is C13H14INO3. The molecule has 4 nitrogen and oxygen atoms in total. The Morgan fingerprint density at radius 2 is 2.11 bits per heavy atom. The van der Waals surface area contributed by atoms with Gasteiger partial charge >= 0.3 is 5.97 Å². The van der Waals surface area contributed by atoms with E-state index >= 15 is 0 Å². The zero-order chi connectivity index (χ0) is 13.1. The minimum Gasteiger partial charge on any atom is -0.467 e. The standard InChI is InChI=1S/C13H14INO3/c1-18-13(17)11-7-4-8-15(11)12(16)9-5-2-3-6-10(9)14/h2-3,5-6,11H,4,7-8H2,1H3. The number of esters is 1. The van der Waals surface area contributed by atoms with Crippen LogP contribution in [0.1, 0.15) is 23.2 Å². The van der Waals surface area contributed by atoms with Gasteiger partial charge in [0.25, 0.3) is 5.91 Å². The zero-order valence-electron chi connectivity index (χ0n) is 10.1. The van der Waals surface area contributed by atoms with E-state index in [9.17, 15) is 9.59 Å². The average molecular weight is 359 g/mol. The van der Waals surface area contributed by atoms with Crippen molar-refractivity contribution in [2.75, 3.05) is 13.7 Å². The van der Waals surface area contributed by atoms with Crippen LogP contribution in [0.15, 0.2) is 24.3 Å². The maximum atomic E-state index is 12.4. The van der Waals surface area contributed by atoms with E-state index in [1.165, 1.54) is 7.11 Å². The summed E-state index contributed by atoms with van der Waals surface area (Å²) in [6.07, 6.45) is 1.52. The molecule has 1 saturated heterocycles. The van der Waals surface area contributed by atoms with Crippen LogP contribution in [0.25, 0.3) is 0 Å². The number of amides is 1. The summed E-state index contributed by atoms with van der Waals surface area (Å²) in [6, 6.07) is 6.96. The molecule has 1 atom stereocenters. The maximum absolute atomic E-state index is 12.4. The first-order valence-corrected chi connectivity index (χ1v) is 6.86. The van der Waals surface area contributed by atoms with Gasteiger partial charge in [-0.2, -0.15) is 0 Å². The first-order valence-electron chi connectivity index (χ1n) is 5.78. The van der Waals surface area contributed by atoms with Gasteiger partial charge in [0.15, 0.2) is 0 Å². The normalized spacial score (nSPS) is 18.8. The van der Waals surface area contributed by atoms with Crippen molar-refractivity contribution in [2.24, 2.45) is 0 Å². The molecule has 96 valence electrons. The van der Waals surface area contributed by atoms with Gasteiger partial charge < -0.3 is 9.64 Å². The first-order chi connectivity index (χ1) is 8.65. The number of halogens is 1. The highest BCUT2D eigenvalue weighted by molar-refractivity contribution is 14.1. The van der Waals surface area contributed by atoms with Gasteiger partial charge in [0.2, 0.25) is 0 Å². The second kappa shape index (κ2) is 5.69. The van der Waals surface area contributed by atoms with Crippen molar-refractivity contribution < 1.29 is 14.3 Å². The zero-order valence-corrected chi connectivity index (χ0v) is 12.2. The van der Waals surface area contributed by atoms with Crippen LogP contribution in [0.2, 0.25) is 0 Å². The molecule has 18 heavy (non-hydrogen) atoms. The molecule has 2 rings (SSSR count). The number of methoxy groups -OCH3 is 1. The fourth-order valence-electron chi connectivity index (χ4n) is 2.18. The van der Waals surface area contributed by atoms with Crippen molar-refractivity contribution in [3.8, 4) is 0 Å². The van der Waals surface area contributed by atoms with Crippen LogP contribution in [0, 0.1) is 3.57 Å². The molecule has 5 heteroatoms. The molecule has 1 aliphatic rings. The highest BCUT2D eigenvalue weighted by atomic mass is 127. The van der Waals surface area contributed by atoms with Crippen LogP contribution in [0.5, 0.6) is 0 Å². The van der Waals surface area contributed by atoms with E-state index < -0.39 is 6.04 Å². The molecule has 0 N–H and O–H groups in total. The van der Waals surface area contributed by atoms with Crippen LogP contribution >= 0.6 is 22.6 Å². The minimum atomic E-state index is -0.432. The SMILES string of the molecule is COC(=O)C1CCCN1C(=O)c1ccccc1I. The van der Waals surface area contributed by atoms with Crippen molar-refractivity contribution in [3.63, 3.8) is 0 Å². The summed E-state index contributed by atoms with van der Waals surface area (Å²) in [6.45, 7) is 0.615. The number of nitrogens with zero attached hydrogens (tertiary/aromatic N) is 1. The number of benzene rings is 1. The van der Waals surface area contributed by atoms with Crippen LogP contribution in [0.3, 0.4) is 0 Å². The van der Waals surface area contributed by atoms with Crippen molar-refractivity contribution >= 4 is 34.5 Å². The van der Waals surface area contributed by atoms with Gasteiger partial charge in [-0.1, -0.05) is 12.1 Å². The van der Waals surface area contributed by atoms with Crippen molar-refractivity contribution in [1.29, 1.82) is 0 Å². The fourth-order valence-corrected chi connectivity index (χ4v) is 2.80. The third-order valence-electron chi connectivity index (χ3n) is 3.09. The molecule has 0 radical (unpaired) electrons. The molecular weight excluding hydrogens is 345 g/mol. The van der Waals surface area contributed by atoms with Gasteiger partial charge in [-0.15, -0.1) is 0 Å². The second-order valence-corrected chi connectivity index (χ2v) is 5.32. The smallest absolute Gasteiger partial charge is 0.328 e. The maximum Gasteiger partial charge on any atom is 0.328 e. The number of likely N-dealkylation sites (tertiary alicyclic amines) is 1. The number of carbonyl (C=O) groups is 2. The lowest BCUT2D eigenvalue weighted by Gasteiger charge is -2.23. The number of carbonyl (C=O) groups excluding carboxylic acids is 2. The van der Waals surface area contributed by atoms with E-state index in [4.69, 9.17) is 4.74 Å². The predicted octanol–water partition coefficient (Wildman–Crippen LogP) is 2.07. The molecule has 1 heterocycles. The molecule has 0 saturated carbocycles. The fraction of sp³-hybridized carbons (Fsp3) is 0.385. The van der Waals surface area contributed by atoms with Crippen molar-refractivity contribution in [2.45, 2.75) is 18.9 Å². The minimum absolute atomic E-state index is 0.0899. The first kappa shape index (κ1) is 13.3. The molecule has 0 bridgehead atoms. The number of rotatable bonds is 2. The Bertz CT molecular complexity index is 475. The summed E-state index contributed by atoms with van der Waals surface area (Å²) in [7, 11) is 1.36. The molecule has 1 fully saturated rings. The van der Waals surface area contributed by atoms with Crippen LogP contribution < -0.4 is 0 Å². The summed E-state index contributed by atoms with van der Waals surface area (Å²) < 4.78 is 5.64.